The molecular formula is C22H23N7O. The summed E-state index contributed by atoms with van der Waals surface area (Å²) >= 11 is 0. The van der Waals surface area contributed by atoms with Gasteiger partial charge in [0.1, 0.15) is 0 Å². The third kappa shape index (κ3) is 3.20. The van der Waals surface area contributed by atoms with E-state index in [1.54, 1.807) is 24.1 Å². The van der Waals surface area contributed by atoms with Crippen LogP contribution in [0.15, 0.2) is 53.8 Å². The lowest BCUT2D eigenvalue weighted by molar-refractivity contribution is 0.255. The number of carbonyl (C=O) groups is 1. The molecule has 0 saturated carbocycles. The summed E-state index contributed by atoms with van der Waals surface area (Å²) in [6, 6.07) is 12.1. The number of hydrogen-bond acceptors (Lipinski definition) is 5. The number of aliphatic imine (C=N–C) groups is 1. The molecule has 2 aliphatic rings. The zero-order valence-electron chi connectivity index (χ0n) is 17.0. The number of nitrogens with one attached hydrogen (secondary N) is 1. The fraction of sp³-hybridized carbons (Fsp3) is 0.273. The molecule has 8 nitrogen and oxygen atoms in total. The van der Waals surface area contributed by atoms with Crippen LogP contribution in [0.25, 0.3) is 11.3 Å². The Morgan fingerprint density at radius 1 is 1.30 bits per heavy atom. The van der Waals surface area contributed by atoms with Gasteiger partial charge in [-0.3, -0.25) is 14.6 Å². The van der Waals surface area contributed by atoms with Crippen molar-refractivity contribution in [1.82, 2.24) is 14.8 Å². The van der Waals surface area contributed by atoms with E-state index in [1.165, 1.54) is 0 Å². The van der Waals surface area contributed by atoms with E-state index >= 15 is 0 Å². The SMILES string of the molecule is CN=Cc1cccc(-c2ccc3c(n2)N(C(=O)Nc2cnn(C)c2)[C@H]2CCN3C2)c1. The maximum atomic E-state index is 13.2. The molecule has 2 bridgehead atoms. The van der Waals surface area contributed by atoms with Crippen molar-refractivity contribution in [2.24, 2.45) is 12.0 Å². The molecule has 0 unspecified atom stereocenters. The molecule has 1 atom stereocenters. The Morgan fingerprint density at radius 3 is 3.00 bits per heavy atom. The van der Waals surface area contributed by atoms with Crippen LogP contribution in [0.4, 0.5) is 22.0 Å². The molecule has 1 aromatic carbocycles. The molecule has 0 radical (unpaired) electrons. The first-order valence-corrected chi connectivity index (χ1v) is 10.00. The van der Waals surface area contributed by atoms with Crippen molar-refractivity contribution in [1.29, 1.82) is 0 Å². The highest BCUT2D eigenvalue weighted by Gasteiger charge is 2.40. The van der Waals surface area contributed by atoms with E-state index in [4.69, 9.17) is 4.98 Å². The molecule has 1 fully saturated rings. The average molecular weight is 401 g/mol. The van der Waals surface area contributed by atoms with Crippen LogP contribution < -0.4 is 15.1 Å². The largest absolute Gasteiger partial charge is 0.366 e. The lowest BCUT2D eigenvalue weighted by Crippen LogP contribution is -2.48. The van der Waals surface area contributed by atoms with Gasteiger partial charge in [0.25, 0.3) is 0 Å². The normalized spacial score (nSPS) is 17.5. The highest BCUT2D eigenvalue weighted by Crippen LogP contribution is 2.40. The Morgan fingerprint density at radius 2 is 2.20 bits per heavy atom. The summed E-state index contributed by atoms with van der Waals surface area (Å²) in [4.78, 5) is 26.4. The van der Waals surface area contributed by atoms with E-state index in [1.807, 2.05) is 42.4 Å². The van der Waals surface area contributed by atoms with Gasteiger partial charge in [-0.25, -0.2) is 9.78 Å². The summed E-state index contributed by atoms with van der Waals surface area (Å²) in [7, 11) is 3.58. The molecule has 8 heteroatoms. The Balaban J connectivity index is 1.53. The van der Waals surface area contributed by atoms with Gasteiger partial charge in [0, 0.05) is 45.2 Å². The Labute approximate surface area is 174 Å². The van der Waals surface area contributed by atoms with E-state index < -0.39 is 0 Å². The van der Waals surface area contributed by atoms with Crippen molar-refractivity contribution in [2.75, 3.05) is 35.3 Å². The Kier molecular flexibility index (Phi) is 4.46. The highest BCUT2D eigenvalue weighted by atomic mass is 16.2. The fourth-order valence-corrected chi connectivity index (χ4v) is 4.23. The zero-order chi connectivity index (χ0) is 20.7. The molecule has 2 amide bonds. The third-order valence-corrected chi connectivity index (χ3v) is 5.59. The summed E-state index contributed by atoms with van der Waals surface area (Å²) in [6.07, 6.45) is 6.18. The molecule has 0 aliphatic carbocycles. The second kappa shape index (κ2) is 7.29. The molecule has 4 heterocycles. The molecule has 1 N–H and O–H groups in total. The zero-order valence-corrected chi connectivity index (χ0v) is 17.0. The van der Waals surface area contributed by atoms with E-state index in [-0.39, 0.29) is 12.1 Å². The molecule has 5 rings (SSSR count). The minimum absolute atomic E-state index is 0.107. The number of carbonyl (C=O) groups excluding carboxylic acids is 1. The van der Waals surface area contributed by atoms with E-state index in [2.05, 4.69) is 32.4 Å². The molecule has 152 valence electrons. The van der Waals surface area contributed by atoms with Crippen molar-refractivity contribution in [3.8, 4) is 11.3 Å². The van der Waals surface area contributed by atoms with Gasteiger partial charge in [0.2, 0.25) is 0 Å². The second-order valence-electron chi connectivity index (χ2n) is 7.64. The Bertz CT molecular complexity index is 1140. The van der Waals surface area contributed by atoms with Crippen molar-refractivity contribution in [3.63, 3.8) is 0 Å². The quantitative estimate of drug-likeness (QED) is 0.684. The van der Waals surface area contributed by atoms with Gasteiger partial charge in [0.15, 0.2) is 5.82 Å². The van der Waals surface area contributed by atoms with Crippen LogP contribution in [0.3, 0.4) is 0 Å². The number of amides is 2. The van der Waals surface area contributed by atoms with Crippen LogP contribution in [0.1, 0.15) is 12.0 Å². The number of urea groups is 1. The molecular weight excluding hydrogens is 378 g/mol. The topological polar surface area (TPSA) is 78.6 Å². The van der Waals surface area contributed by atoms with Gasteiger partial charge in [-0.1, -0.05) is 18.2 Å². The van der Waals surface area contributed by atoms with Crippen molar-refractivity contribution in [2.45, 2.75) is 12.5 Å². The average Bonchev–Trinajstić information content (AvgIpc) is 3.35. The van der Waals surface area contributed by atoms with Gasteiger partial charge < -0.3 is 10.2 Å². The number of hydrogen-bond donors (Lipinski definition) is 1. The first-order chi connectivity index (χ1) is 14.6. The number of nitrogens with zero attached hydrogens (tertiary/aromatic N) is 6. The van der Waals surface area contributed by atoms with Crippen LogP contribution in [0.2, 0.25) is 0 Å². The number of aryl methyl sites for hydroxylation is 1. The third-order valence-electron chi connectivity index (χ3n) is 5.59. The fourth-order valence-electron chi connectivity index (χ4n) is 4.23. The van der Waals surface area contributed by atoms with Crippen LogP contribution in [-0.2, 0) is 7.05 Å². The second-order valence-corrected chi connectivity index (χ2v) is 7.64. The number of rotatable bonds is 3. The van der Waals surface area contributed by atoms with Crippen LogP contribution in [0, 0.1) is 0 Å². The van der Waals surface area contributed by atoms with Crippen LogP contribution in [0.5, 0.6) is 0 Å². The molecule has 30 heavy (non-hydrogen) atoms. The number of benzene rings is 1. The monoisotopic (exact) mass is 401 g/mol. The van der Waals surface area contributed by atoms with Crippen LogP contribution >= 0.6 is 0 Å². The first-order valence-electron chi connectivity index (χ1n) is 10.00. The molecule has 0 spiro atoms. The maximum Gasteiger partial charge on any atom is 0.327 e. The van der Waals surface area contributed by atoms with E-state index in [0.29, 0.717) is 11.5 Å². The summed E-state index contributed by atoms with van der Waals surface area (Å²) in [5.74, 6) is 0.706. The molecule has 2 aliphatic heterocycles. The maximum absolute atomic E-state index is 13.2. The first kappa shape index (κ1) is 18.4. The number of anilines is 3. The van der Waals surface area contributed by atoms with Gasteiger partial charge in [-0.2, -0.15) is 5.10 Å². The van der Waals surface area contributed by atoms with Gasteiger partial charge in [0.05, 0.1) is 29.3 Å². The standard InChI is InChI=1S/C22H23N7O/c1-23-11-15-4-3-5-16(10-15)19-6-7-20-21(26-19)29(18-8-9-28(20)14-18)22(30)25-17-12-24-27(2)13-17/h3-7,10-13,18H,8-9,14H2,1-2H3,(H,25,30)/t18-/m0/s1. The minimum atomic E-state index is -0.174. The van der Waals surface area contributed by atoms with Crippen molar-refractivity contribution < 1.29 is 4.79 Å². The lowest BCUT2D eigenvalue weighted by atomic mass is 10.1. The summed E-state index contributed by atoms with van der Waals surface area (Å²) in [6.45, 7) is 1.76. The number of aromatic nitrogens is 3. The molecule has 3 aromatic rings. The van der Waals surface area contributed by atoms with Crippen molar-refractivity contribution >= 4 is 29.4 Å². The summed E-state index contributed by atoms with van der Waals surface area (Å²) in [5.41, 5.74) is 4.52. The smallest absolute Gasteiger partial charge is 0.327 e. The minimum Gasteiger partial charge on any atom is -0.366 e. The van der Waals surface area contributed by atoms with E-state index in [9.17, 15) is 4.79 Å². The van der Waals surface area contributed by atoms with Crippen LogP contribution in [-0.4, -0.2) is 53.2 Å². The molecule has 2 aromatic heterocycles. The predicted octanol–water partition coefficient (Wildman–Crippen LogP) is 3.16. The summed E-state index contributed by atoms with van der Waals surface area (Å²) < 4.78 is 1.67. The van der Waals surface area contributed by atoms with Gasteiger partial charge >= 0.3 is 6.03 Å². The highest BCUT2D eigenvalue weighted by molar-refractivity contribution is 6.04. The molecule has 1 saturated heterocycles. The number of fused-ring (bicyclic) bond motifs is 4. The van der Waals surface area contributed by atoms with Crippen molar-refractivity contribution in [3.05, 3.63) is 54.4 Å². The summed E-state index contributed by atoms with van der Waals surface area (Å²) in [5, 5.41) is 7.10. The van der Waals surface area contributed by atoms with E-state index in [0.717, 1.165) is 42.0 Å². The van der Waals surface area contributed by atoms with Gasteiger partial charge in [-0.05, 0) is 30.2 Å². The predicted molar refractivity (Wildman–Crippen MR) is 119 cm³/mol. The lowest BCUT2D eigenvalue weighted by Gasteiger charge is -2.35. The van der Waals surface area contributed by atoms with Gasteiger partial charge in [-0.15, -0.1) is 0 Å². The Hall–Kier alpha value is -3.68. The number of pyridine rings is 1.